The van der Waals surface area contributed by atoms with Crippen LogP contribution in [-0.4, -0.2) is 23.9 Å². The third-order valence-corrected chi connectivity index (χ3v) is 4.70. The van der Waals surface area contributed by atoms with Crippen LogP contribution >= 0.6 is 0 Å². The van der Waals surface area contributed by atoms with E-state index in [2.05, 4.69) is 13.8 Å². The second-order valence-corrected chi connectivity index (χ2v) is 5.51. The van der Waals surface area contributed by atoms with Crippen LogP contribution in [0.5, 0.6) is 0 Å². The lowest BCUT2D eigenvalue weighted by molar-refractivity contribution is 0.0558. The summed E-state index contributed by atoms with van der Waals surface area (Å²) in [5.41, 5.74) is 1.00. The molecule has 1 fully saturated rings. The van der Waals surface area contributed by atoms with E-state index < -0.39 is 0 Å². The predicted octanol–water partition coefficient (Wildman–Crippen LogP) is 3.87. The molecule has 104 valence electrons. The summed E-state index contributed by atoms with van der Waals surface area (Å²) in [5.74, 6) is -0.271. The number of amides is 1. The Morgan fingerprint density at radius 2 is 1.68 bits per heavy atom. The van der Waals surface area contributed by atoms with Crippen LogP contribution in [-0.2, 0) is 0 Å². The van der Waals surface area contributed by atoms with Crippen molar-refractivity contribution in [3.63, 3.8) is 0 Å². The maximum Gasteiger partial charge on any atom is 0.253 e. The number of carbonyl (C=O) groups excluding carboxylic acids is 1. The minimum Gasteiger partial charge on any atom is -0.339 e. The highest BCUT2D eigenvalue weighted by atomic mass is 19.1. The van der Waals surface area contributed by atoms with Crippen molar-refractivity contribution in [2.24, 2.45) is 5.41 Å². The zero-order chi connectivity index (χ0) is 13.9. The van der Waals surface area contributed by atoms with Crippen molar-refractivity contribution >= 4 is 5.91 Å². The van der Waals surface area contributed by atoms with Crippen LogP contribution in [0.2, 0.25) is 0 Å². The van der Waals surface area contributed by atoms with E-state index in [9.17, 15) is 9.18 Å². The van der Waals surface area contributed by atoms with E-state index in [1.54, 1.807) is 12.1 Å². The van der Waals surface area contributed by atoms with E-state index in [-0.39, 0.29) is 11.7 Å². The lowest BCUT2D eigenvalue weighted by Gasteiger charge is -2.41. The first-order valence-electron chi connectivity index (χ1n) is 7.15. The number of nitrogens with zero attached hydrogens (tertiary/aromatic N) is 1. The molecule has 1 heterocycles. The van der Waals surface area contributed by atoms with Gasteiger partial charge in [-0.2, -0.15) is 0 Å². The van der Waals surface area contributed by atoms with Crippen molar-refractivity contribution in [3.8, 4) is 0 Å². The van der Waals surface area contributed by atoms with E-state index >= 15 is 0 Å². The van der Waals surface area contributed by atoms with Crippen LogP contribution in [0.3, 0.4) is 0 Å². The lowest BCUT2D eigenvalue weighted by Crippen LogP contribution is -2.42. The summed E-state index contributed by atoms with van der Waals surface area (Å²) in [4.78, 5) is 14.2. The van der Waals surface area contributed by atoms with Crippen molar-refractivity contribution in [2.45, 2.75) is 39.5 Å². The topological polar surface area (TPSA) is 20.3 Å². The Kier molecular flexibility index (Phi) is 4.23. The fourth-order valence-corrected chi connectivity index (χ4v) is 2.92. The Bertz CT molecular complexity index is 427. The normalized spacial score (nSPS) is 18.4. The van der Waals surface area contributed by atoms with Crippen LogP contribution in [0.25, 0.3) is 0 Å². The molecule has 0 saturated carbocycles. The van der Waals surface area contributed by atoms with Crippen LogP contribution in [0.4, 0.5) is 4.39 Å². The number of hydrogen-bond donors (Lipinski definition) is 0. The van der Waals surface area contributed by atoms with Crippen molar-refractivity contribution in [1.82, 2.24) is 4.90 Å². The molecule has 1 saturated heterocycles. The third kappa shape index (κ3) is 2.96. The van der Waals surface area contributed by atoms with Gasteiger partial charge in [0.05, 0.1) is 0 Å². The number of halogens is 1. The summed E-state index contributed by atoms with van der Waals surface area (Å²) >= 11 is 0. The van der Waals surface area contributed by atoms with Gasteiger partial charge < -0.3 is 4.90 Å². The second kappa shape index (κ2) is 5.72. The van der Waals surface area contributed by atoms with E-state index in [1.165, 1.54) is 25.0 Å². The third-order valence-electron chi connectivity index (χ3n) is 4.70. The molecular formula is C16H22FNO. The van der Waals surface area contributed by atoms with Crippen molar-refractivity contribution in [3.05, 3.63) is 35.6 Å². The Balaban J connectivity index is 2.01. The fraction of sp³-hybridized carbons (Fsp3) is 0.562. The van der Waals surface area contributed by atoms with Crippen LogP contribution in [0.15, 0.2) is 24.3 Å². The average molecular weight is 263 g/mol. The summed E-state index contributed by atoms with van der Waals surface area (Å²) < 4.78 is 12.9. The van der Waals surface area contributed by atoms with E-state index in [1.807, 2.05) is 4.90 Å². The van der Waals surface area contributed by atoms with Gasteiger partial charge in [-0.05, 0) is 42.5 Å². The van der Waals surface area contributed by atoms with Gasteiger partial charge in [-0.3, -0.25) is 4.79 Å². The monoisotopic (exact) mass is 263 g/mol. The number of carbonyl (C=O) groups is 1. The van der Waals surface area contributed by atoms with E-state index in [0.29, 0.717) is 11.0 Å². The first-order valence-corrected chi connectivity index (χ1v) is 7.15. The van der Waals surface area contributed by atoms with Gasteiger partial charge in [0.1, 0.15) is 5.82 Å². The molecule has 0 unspecified atom stereocenters. The molecule has 0 radical (unpaired) electrons. The molecule has 3 heteroatoms. The fourth-order valence-electron chi connectivity index (χ4n) is 2.92. The minimum atomic E-state index is -0.300. The number of hydrogen-bond acceptors (Lipinski definition) is 1. The molecule has 1 aromatic rings. The van der Waals surface area contributed by atoms with E-state index in [0.717, 1.165) is 25.9 Å². The minimum absolute atomic E-state index is 0.0285. The van der Waals surface area contributed by atoms with Crippen molar-refractivity contribution in [1.29, 1.82) is 0 Å². The molecular weight excluding hydrogens is 241 g/mol. The quantitative estimate of drug-likeness (QED) is 0.810. The predicted molar refractivity (Wildman–Crippen MR) is 74.6 cm³/mol. The first kappa shape index (κ1) is 14.0. The zero-order valence-corrected chi connectivity index (χ0v) is 11.8. The maximum atomic E-state index is 12.9. The standard InChI is InChI=1S/C16H22FNO/c1-3-16(4-2)9-11-18(12-10-16)15(19)13-5-7-14(17)8-6-13/h5-8H,3-4,9-12H2,1-2H3. The highest BCUT2D eigenvalue weighted by molar-refractivity contribution is 5.94. The molecule has 0 bridgehead atoms. The highest BCUT2D eigenvalue weighted by Gasteiger charge is 2.32. The molecule has 19 heavy (non-hydrogen) atoms. The lowest BCUT2D eigenvalue weighted by atomic mass is 9.74. The van der Waals surface area contributed by atoms with Gasteiger partial charge >= 0.3 is 0 Å². The van der Waals surface area contributed by atoms with Gasteiger partial charge in [0.2, 0.25) is 0 Å². The van der Waals surface area contributed by atoms with Gasteiger partial charge in [0.15, 0.2) is 0 Å². The van der Waals surface area contributed by atoms with Gasteiger partial charge in [0, 0.05) is 18.7 Å². The molecule has 0 N–H and O–H groups in total. The van der Waals surface area contributed by atoms with Crippen molar-refractivity contribution in [2.75, 3.05) is 13.1 Å². The number of benzene rings is 1. The van der Waals surface area contributed by atoms with Crippen LogP contribution in [0, 0.1) is 11.2 Å². The zero-order valence-electron chi connectivity index (χ0n) is 11.8. The Morgan fingerprint density at radius 1 is 1.16 bits per heavy atom. The largest absolute Gasteiger partial charge is 0.339 e. The Hall–Kier alpha value is -1.38. The molecule has 1 aromatic carbocycles. The Labute approximate surface area is 114 Å². The summed E-state index contributed by atoms with van der Waals surface area (Å²) in [6.45, 7) is 6.11. The van der Waals surface area contributed by atoms with Gasteiger partial charge in [-0.25, -0.2) is 4.39 Å². The van der Waals surface area contributed by atoms with Gasteiger partial charge in [-0.1, -0.05) is 26.7 Å². The molecule has 0 aromatic heterocycles. The molecule has 0 spiro atoms. The average Bonchev–Trinajstić information content (AvgIpc) is 2.47. The number of rotatable bonds is 3. The van der Waals surface area contributed by atoms with Gasteiger partial charge in [-0.15, -0.1) is 0 Å². The summed E-state index contributed by atoms with van der Waals surface area (Å²) in [6, 6.07) is 5.83. The highest BCUT2D eigenvalue weighted by Crippen LogP contribution is 2.38. The second-order valence-electron chi connectivity index (χ2n) is 5.51. The molecule has 2 nitrogen and oxygen atoms in total. The summed E-state index contributed by atoms with van der Waals surface area (Å²) in [6.07, 6.45) is 4.52. The van der Waals surface area contributed by atoms with Gasteiger partial charge in [0.25, 0.3) is 5.91 Å². The van der Waals surface area contributed by atoms with Crippen LogP contribution < -0.4 is 0 Å². The number of piperidine rings is 1. The van der Waals surface area contributed by atoms with E-state index in [4.69, 9.17) is 0 Å². The molecule has 2 rings (SSSR count). The first-order chi connectivity index (χ1) is 9.10. The van der Waals surface area contributed by atoms with Crippen molar-refractivity contribution < 1.29 is 9.18 Å². The summed E-state index contributed by atoms with van der Waals surface area (Å²) in [7, 11) is 0. The molecule has 1 aliphatic rings. The molecule has 0 atom stereocenters. The maximum absolute atomic E-state index is 12.9. The van der Waals surface area contributed by atoms with Crippen LogP contribution in [0.1, 0.15) is 49.9 Å². The molecule has 1 aliphatic heterocycles. The SMILES string of the molecule is CCC1(CC)CCN(C(=O)c2ccc(F)cc2)CC1. The number of likely N-dealkylation sites (tertiary alicyclic amines) is 1. The summed E-state index contributed by atoms with van der Waals surface area (Å²) in [5, 5.41) is 0. The smallest absolute Gasteiger partial charge is 0.253 e. The molecule has 1 amide bonds. The Morgan fingerprint density at radius 3 is 2.16 bits per heavy atom. The molecule has 0 aliphatic carbocycles.